The molecule has 1 aliphatic rings. The minimum absolute atomic E-state index is 0.112. The minimum Gasteiger partial charge on any atom is -0.363 e. The Morgan fingerprint density at radius 1 is 1.57 bits per heavy atom. The van der Waals surface area contributed by atoms with Crippen LogP contribution in [0.3, 0.4) is 0 Å². The summed E-state index contributed by atoms with van der Waals surface area (Å²) in [6.07, 6.45) is 5.40. The van der Waals surface area contributed by atoms with E-state index in [1.54, 1.807) is 0 Å². The van der Waals surface area contributed by atoms with Crippen molar-refractivity contribution in [3.05, 3.63) is 23.9 Å². The van der Waals surface area contributed by atoms with Gasteiger partial charge in [0.05, 0.1) is 5.54 Å². The molecular formula is C11H15ClN2. The Bertz CT molecular complexity index is 315. The van der Waals surface area contributed by atoms with E-state index >= 15 is 0 Å². The lowest BCUT2D eigenvalue weighted by Crippen LogP contribution is -2.47. The molecule has 0 bridgehead atoms. The molecule has 0 aromatic carbocycles. The highest BCUT2D eigenvalue weighted by atomic mass is 35.5. The van der Waals surface area contributed by atoms with Crippen molar-refractivity contribution in [1.82, 2.24) is 4.98 Å². The molecule has 3 heteroatoms. The van der Waals surface area contributed by atoms with E-state index in [0.29, 0.717) is 5.88 Å². The Kier molecular flexibility index (Phi) is 2.64. The molecular weight excluding hydrogens is 196 g/mol. The number of alkyl halides is 1. The van der Waals surface area contributed by atoms with Gasteiger partial charge in [-0.05, 0) is 37.8 Å². The van der Waals surface area contributed by atoms with Crippen LogP contribution in [0.5, 0.6) is 0 Å². The maximum absolute atomic E-state index is 5.97. The molecule has 1 aromatic heterocycles. The van der Waals surface area contributed by atoms with Gasteiger partial charge in [-0.3, -0.25) is 0 Å². The van der Waals surface area contributed by atoms with Crippen molar-refractivity contribution in [2.24, 2.45) is 0 Å². The number of aryl methyl sites for hydroxylation is 1. The first kappa shape index (κ1) is 9.78. The van der Waals surface area contributed by atoms with Gasteiger partial charge >= 0.3 is 0 Å². The minimum atomic E-state index is 0.112. The second-order valence-electron chi connectivity index (χ2n) is 4.06. The first-order chi connectivity index (χ1) is 6.76. The molecule has 2 rings (SSSR count). The molecule has 0 radical (unpaired) electrons. The Labute approximate surface area is 89.7 Å². The number of halogens is 1. The van der Waals surface area contributed by atoms with Crippen molar-refractivity contribution in [2.45, 2.75) is 31.7 Å². The van der Waals surface area contributed by atoms with Gasteiger partial charge in [-0.2, -0.15) is 0 Å². The van der Waals surface area contributed by atoms with E-state index in [1.807, 2.05) is 12.3 Å². The zero-order valence-corrected chi connectivity index (χ0v) is 9.14. The van der Waals surface area contributed by atoms with Gasteiger partial charge in [0.15, 0.2) is 0 Å². The van der Waals surface area contributed by atoms with Gasteiger partial charge in [-0.25, -0.2) is 4.98 Å². The van der Waals surface area contributed by atoms with E-state index in [0.717, 1.165) is 18.7 Å². The number of rotatable bonds is 3. The molecule has 0 saturated heterocycles. The average Bonchev–Trinajstić information content (AvgIpc) is 2.14. The summed E-state index contributed by atoms with van der Waals surface area (Å²) < 4.78 is 0. The molecule has 0 spiro atoms. The lowest BCUT2D eigenvalue weighted by Gasteiger charge is -2.41. The van der Waals surface area contributed by atoms with Crippen LogP contribution in [-0.4, -0.2) is 16.4 Å². The number of hydrogen-bond acceptors (Lipinski definition) is 2. The van der Waals surface area contributed by atoms with Crippen LogP contribution in [0.15, 0.2) is 18.3 Å². The number of anilines is 1. The zero-order valence-electron chi connectivity index (χ0n) is 8.39. The van der Waals surface area contributed by atoms with Crippen LogP contribution in [0.4, 0.5) is 5.82 Å². The Morgan fingerprint density at radius 2 is 2.36 bits per heavy atom. The molecule has 1 saturated carbocycles. The van der Waals surface area contributed by atoms with E-state index in [9.17, 15) is 0 Å². The molecule has 76 valence electrons. The molecule has 1 aliphatic carbocycles. The third-order valence-corrected chi connectivity index (χ3v) is 3.47. The molecule has 1 heterocycles. The van der Waals surface area contributed by atoms with Crippen molar-refractivity contribution in [3.63, 3.8) is 0 Å². The van der Waals surface area contributed by atoms with Gasteiger partial charge in [-0.15, -0.1) is 11.6 Å². The van der Waals surface area contributed by atoms with Crippen molar-refractivity contribution < 1.29 is 0 Å². The standard InChI is InChI=1S/C11H15ClN2/c1-9-4-2-7-13-10(9)14-11(8-12)5-3-6-11/h2,4,7H,3,5-6,8H2,1H3,(H,13,14). The summed E-state index contributed by atoms with van der Waals surface area (Å²) in [7, 11) is 0. The highest BCUT2D eigenvalue weighted by Gasteiger charge is 2.36. The summed E-state index contributed by atoms with van der Waals surface area (Å²) in [6.45, 7) is 2.07. The van der Waals surface area contributed by atoms with E-state index in [-0.39, 0.29) is 5.54 Å². The number of nitrogens with one attached hydrogen (secondary N) is 1. The predicted octanol–water partition coefficient (Wildman–Crippen LogP) is 2.96. The van der Waals surface area contributed by atoms with Gasteiger partial charge in [0, 0.05) is 12.1 Å². The van der Waals surface area contributed by atoms with Crippen LogP contribution >= 0.6 is 11.6 Å². The SMILES string of the molecule is Cc1cccnc1NC1(CCl)CCC1. The molecule has 2 nitrogen and oxygen atoms in total. The smallest absolute Gasteiger partial charge is 0.129 e. The second-order valence-corrected chi connectivity index (χ2v) is 4.33. The molecule has 0 atom stereocenters. The summed E-state index contributed by atoms with van der Waals surface area (Å²) in [4.78, 5) is 4.32. The highest BCUT2D eigenvalue weighted by Crippen LogP contribution is 2.36. The van der Waals surface area contributed by atoms with Crippen LogP contribution in [0, 0.1) is 6.92 Å². The van der Waals surface area contributed by atoms with E-state index in [1.165, 1.54) is 12.0 Å². The Hall–Kier alpha value is -0.760. The van der Waals surface area contributed by atoms with Crippen LogP contribution in [0.25, 0.3) is 0 Å². The lowest BCUT2D eigenvalue weighted by molar-refractivity contribution is 0.310. The zero-order chi connectivity index (χ0) is 10.0. The monoisotopic (exact) mass is 210 g/mol. The van der Waals surface area contributed by atoms with Crippen molar-refractivity contribution in [3.8, 4) is 0 Å². The predicted molar refractivity (Wildman–Crippen MR) is 59.9 cm³/mol. The maximum atomic E-state index is 5.97. The third-order valence-electron chi connectivity index (χ3n) is 2.96. The first-order valence-electron chi connectivity index (χ1n) is 5.02. The van der Waals surface area contributed by atoms with Crippen molar-refractivity contribution in [1.29, 1.82) is 0 Å². The summed E-state index contributed by atoms with van der Waals surface area (Å²) in [5, 5.41) is 3.47. The number of aromatic nitrogens is 1. The van der Waals surface area contributed by atoms with Crippen LogP contribution in [0.2, 0.25) is 0 Å². The highest BCUT2D eigenvalue weighted by molar-refractivity contribution is 6.19. The summed E-state index contributed by atoms with van der Waals surface area (Å²) in [5.74, 6) is 1.65. The Balaban J connectivity index is 2.13. The summed E-state index contributed by atoms with van der Waals surface area (Å²) in [5.41, 5.74) is 1.30. The average molecular weight is 211 g/mol. The molecule has 1 N–H and O–H groups in total. The molecule has 0 amide bonds. The third kappa shape index (κ3) is 1.71. The largest absolute Gasteiger partial charge is 0.363 e. The molecule has 14 heavy (non-hydrogen) atoms. The van der Waals surface area contributed by atoms with Gasteiger partial charge in [0.2, 0.25) is 0 Å². The summed E-state index contributed by atoms with van der Waals surface area (Å²) in [6, 6.07) is 4.02. The molecule has 0 unspecified atom stereocenters. The number of nitrogens with zero attached hydrogens (tertiary/aromatic N) is 1. The van der Waals surface area contributed by atoms with Crippen LogP contribution in [0.1, 0.15) is 24.8 Å². The van der Waals surface area contributed by atoms with E-state index in [4.69, 9.17) is 11.6 Å². The van der Waals surface area contributed by atoms with Gasteiger partial charge in [-0.1, -0.05) is 6.07 Å². The van der Waals surface area contributed by atoms with Gasteiger partial charge < -0.3 is 5.32 Å². The molecule has 1 aromatic rings. The summed E-state index contributed by atoms with van der Waals surface area (Å²) >= 11 is 5.97. The number of pyridine rings is 1. The first-order valence-corrected chi connectivity index (χ1v) is 5.55. The van der Waals surface area contributed by atoms with E-state index < -0.39 is 0 Å². The molecule has 0 aliphatic heterocycles. The van der Waals surface area contributed by atoms with E-state index in [2.05, 4.69) is 23.3 Å². The number of hydrogen-bond donors (Lipinski definition) is 1. The topological polar surface area (TPSA) is 24.9 Å². The fraction of sp³-hybridized carbons (Fsp3) is 0.545. The fourth-order valence-corrected chi connectivity index (χ4v) is 2.10. The van der Waals surface area contributed by atoms with Crippen molar-refractivity contribution in [2.75, 3.05) is 11.2 Å². The Morgan fingerprint density at radius 3 is 2.86 bits per heavy atom. The molecule has 1 fully saturated rings. The normalized spacial score (nSPS) is 18.7. The maximum Gasteiger partial charge on any atom is 0.129 e. The second kappa shape index (κ2) is 3.77. The van der Waals surface area contributed by atoms with Crippen LogP contribution in [-0.2, 0) is 0 Å². The quantitative estimate of drug-likeness (QED) is 0.776. The van der Waals surface area contributed by atoms with Gasteiger partial charge in [0.1, 0.15) is 5.82 Å². The lowest BCUT2D eigenvalue weighted by atomic mass is 9.78. The van der Waals surface area contributed by atoms with Gasteiger partial charge in [0.25, 0.3) is 0 Å². The fourth-order valence-electron chi connectivity index (χ4n) is 1.76. The van der Waals surface area contributed by atoms with Crippen molar-refractivity contribution >= 4 is 17.4 Å². The van der Waals surface area contributed by atoms with Crippen LogP contribution < -0.4 is 5.32 Å².